The Balaban J connectivity index is 1.95. The Morgan fingerprint density at radius 2 is 1.83 bits per heavy atom. The summed E-state index contributed by atoms with van der Waals surface area (Å²) in [7, 11) is 0. The van der Waals surface area contributed by atoms with Gasteiger partial charge in [0.15, 0.2) is 0 Å². The molecule has 1 aromatic carbocycles. The lowest BCUT2D eigenvalue weighted by molar-refractivity contribution is 1.06. The van der Waals surface area contributed by atoms with Crippen LogP contribution in [0.5, 0.6) is 0 Å². The van der Waals surface area contributed by atoms with E-state index in [0.717, 1.165) is 28.0 Å². The fourth-order valence-electron chi connectivity index (χ4n) is 1.93. The topological polar surface area (TPSA) is 66.5 Å². The SMILES string of the molecule is Cc1cc(C)nc(Nc2ccc3[nH]ncc3c2)n1. The fraction of sp³-hybridized carbons (Fsp3) is 0.154. The van der Waals surface area contributed by atoms with Crippen LogP contribution >= 0.6 is 0 Å². The molecule has 0 unspecified atom stereocenters. The van der Waals surface area contributed by atoms with Crippen molar-refractivity contribution >= 4 is 22.5 Å². The van der Waals surface area contributed by atoms with E-state index in [1.807, 2.05) is 38.1 Å². The van der Waals surface area contributed by atoms with Crippen molar-refractivity contribution in [1.29, 1.82) is 0 Å². The minimum Gasteiger partial charge on any atom is -0.324 e. The predicted octanol–water partition coefficient (Wildman–Crippen LogP) is 2.71. The normalized spacial score (nSPS) is 10.8. The van der Waals surface area contributed by atoms with Crippen LogP contribution in [0, 0.1) is 13.8 Å². The number of H-pyrrole nitrogens is 1. The zero-order valence-electron chi connectivity index (χ0n) is 10.2. The Morgan fingerprint density at radius 1 is 1.06 bits per heavy atom. The third kappa shape index (κ3) is 2.02. The van der Waals surface area contributed by atoms with Gasteiger partial charge in [-0.3, -0.25) is 5.10 Å². The van der Waals surface area contributed by atoms with Gasteiger partial charge in [-0.15, -0.1) is 0 Å². The molecule has 0 aliphatic carbocycles. The minimum absolute atomic E-state index is 0.621. The molecule has 0 radical (unpaired) electrons. The van der Waals surface area contributed by atoms with Gasteiger partial charge in [0.05, 0.1) is 11.7 Å². The number of fused-ring (bicyclic) bond motifs is 1. The molecule has 0 spiro atoms. The van der Waals surface area contributed by atoms with Gasteiger partial charge < -0.3 is 5.32 Å². The second-order valence-electron chi connectivity index (χ2n) is 4.27. The van der Waals surface area contributed by atoms with E-state index in [-0.39, 0.29) is 0 Å². The van der Waals surface area contributed by atoms with Crippen LogP contribution in [0.2, 0.25) is 0 Å². The number of aryl methyl sites for hydroxylation is 2. The van der Waals surface area contributed by atoms with Crippen molar-refractivity contribution in [2.24, 2.45) is 0 Å². The average Bonchev–Trinajstić information content (AvgIpc) is 2.74. The van der Waals surface area contributed by atoms with Crippen LogP contribution in [-0.2, 0) is 0 Å². The summed E-state index contributed by atoms with van der Waals surface area (Å²) < 4.78 is 0. The monoisotopic (exact) mass is 239 g/mol. The van der Waals surface area contributed by atoms with Crippen molar-refractivity contribution in [2.45, 2.75) is 13.8 Å². The molecule has 90 valence electrons. The van der Waals surface area contributed by atoms with Crippen LogP contribution in [0.15, 0.2) is 30.5 Å². The lowest BCUT2D eigenvalue weighted by Gasteiger charge is -2.06. The molecule has 0 saturated heterocycles. The van der Waals surface area contributed by atoms with E-state index in [1.54, 1.807) is 6.20 Å². The highest BCUT2D eigenvalue weighted by Crippen LogP contribution is 2.19. The molecule has 18 heavy (non-hydrogen) atoms. The quantitative estimate of drug-likeness (QED) is 0.721. The standard InChI is InChI=1S/C13H13N5/c1-8-5-9(2)16-13(15-8)17-11-3-4-12-10(6-11)7-14-18-12/h3-7H,1-2H3,(H,14,18)(H,15,16,17). The first-order valence-corrected chi connectivity index (χ1v) is 5.73. The summed E-state index contributed by atoms with van der Waals surface area (Å²) >= 11 is 0. The maximum Gasteiger partial charge on any atom is 0.227 e. The molecule has 0 aliphatic heterocycles. The van der Waals surface area contributed by atoms with Crippen molar-refractivity contribution in [3.63, 3.8) is 0 Å². The third-order valence-electron chi connectivity index (χ3n) is 2.68. The lowest BCUT2D eigenvalue weighted by atomic mass is 10.2. The second kappa shape index (κ2) is 4.10. The molecule has 0 bridgehead atoms. The summed E-state index contributed by atoms with van der Waals surface area (Å²) in [6, 6.07) is 7.92. The number of aromatic nitrogens is 4. The highest BCUT2D eigenvalue weighted by Gasteiger charge is 2.02. The van der Waals surface area contributed by atoms with Crippen LogP contribution in [0.1, 0.15) is 11.4 Å². The first kappa shape index (κ1) is 10.7. The highest BCUT2D eigenvalue weighted by atomic mass is 15.1. The van der Waals surface area contributed by atoms with E-state index < -0.39 is 0 Å². The average molecular weight is 239 g/mol. The number of rotatable bonds is 2. The molecule has 0 amide bonds. The van der Waals surface area contributed by atoms with Crippen LogP contribution in [0.25, 0.3) is 10.9 Å². The molecule has 0 aliphatic rings. The zero-order chi connectivity index (χ0) is 12.5. The number of benzene rings is 1. The van der Waals surface area contributed by atoms with E-state index in [0.29, 0.717) is 5.95 Å². The number of nitrogens with one attached hydrogen (secondary N) is 2. The third-order valence-corrected chi connectivity index (χ3v) is 2.68. The Kier molecular flexibility index (Phi) is 2.44. The van der Waals surface area contributed by atoms with Gasteiger partial charge in [0.2, 0.25) is 5.95 Å². The van der Waals surface area contributed by atoms with Crippen LogP contribution < -0.4 is 5.32 Å². The Morgan fingerprint density at radius 3 is 2.61 bits per heavy atom. The minimum atomic E-state index is 0.621. The van der Waals surface area contributed by atoms with Gasteiger partial charge in [-0.25, -0.2) is 9.97 Å². The van der Waals surface area contributed by atoms with E-state index in [2.05, 4.69) is 25.5 Å². The highest BCUT2D eigenvalue weighted by molar-refractivity contribution is 5.82. The van der Waals surface area contributed by atoms with Gasteiger partial charge in [-0.1, -0.05) is 0 Å². The molecule has 2 aromatic heterocycles. The van der Waals surface area contributed by atoms with E-state index >= 15 is 0 Å². The summed E-state index contributed by atoms with van der Waals surface area (Å²) in [5, 5.41) is 11.2. The molecule has 2 N–H and O–H groups in total. The number of aromatic amines is 1. The summed E-state index contributed by atoms with van der Waals surface area (Å²) in [6.07, 6.45) is 1.79. The van der Waals surface area contributed by atoms with Gasteiger partial charge >= 0.3 is 0 Å². The molecule has 3 rings (SSSR count). The predicted molar refractivity (Wildman–Crippen MR) is 70.9 cm³/mol. The summed E-state index contributed by atoms with van der Waals surface area (Å²) in [5.41, 5.74) is 3.87. The first-order valence-electron chi connectivity index (χ1n) is 5.73. The van der Waals surface area contributed by atoms with Gasteiger partial charge in [0.1, 0.15) is 0 Å². The van der Waals surface area contributed by atoms with Crippen molar-refractivity contribution in [3.05, 3.63) is 41.9 Å². The van der Waals surface area contributed by atoms with Gasteiger partial charge in [-0.2, -0.15) is 5.10 Å². The summed E-state index contributed by atoms with van der Waals surface area (Å²) in [4.78, 5) is 8.70. The van der Waals surface area contributed by atoms with Crippen LogP contribution in [0.3, 0.4) is 0 Å². The number of hydrogen-bond donors (Lipinski definition) is 2. The van der Waals surface area contributed by atoms with E-state index in [4.69, 9.17) is 0 Å². The van der Waals surface area contributed by atoms with Gasteiger partial charge in [0, 0.05) is 22.5 Å². The number of nitrogens with zero attached hydrogens (tertiary/aromatic N) is 3. The van der Waals surface area contributed by atoms with Crippen molar-refractivity contribution in [1.82, 2.24) is 20.2 Å². The van der Waals surface area contributed by atoms with E-state index in [1.165, 1.54) is 0 Å². The molecule has 3 aromatic rings. The fourth-order valence-corrected chi connectivity index (χ4v) is 1.93. The molecule has 2 heterocycles. The first-order chi connectivity index (χ1) is 8.70. The smallest absolute Gasteiger partial charge is 0.227 e. The molecule has 0 fully saturated rings. The number of anilines is 2. The molecule has 5 nitrogen and oxygen atoms in total. The number of hydrogen-bond acceptors (Lipinski definition) is 4. The lowest BCUT2D eigenvalue weighted by Crippen LogP contribution is -1.99. The maximum atomic E-state index is 4.35. The molecular formula is C13H13N5. The van der Waals surface area contributed by atoms with Gasteiger partial charge in [-0.05, 0) is 38.1 Å². The molecule has 0 atom stereocenters. The molecule has 5 heteroatoms. The Labute approximate surface area is 104 Å². The van der Waals surface area contributed by atoms with E-state index in [9.17, 15) is 0 Å². The van der Waals surface area contributed by atoms with Crippen LogP contribution in [0.4, 0.5) is 11.6 Å². The zero-order valence-corrected chi connectivity index (χ0v) is 10.2. The van der Waals surface area contributed by atoms with Crippen molar-refractivity contribution in [3.8, 4) is 0 Å². The Hall–Kier alpha value is -2.43. The summed E-state index contributed by atoms with van der Waals surface area (Å²) in [5.74, 6) is 0.621. The summed E-state index contributed by atoms with van der Waals surface area (Å²) in [6.45, 7) is 3.91. The Bertz CT molecular complexity index is 681. The largest absolute Gasteiger partial charge is 0.324 e. The van der Waals surface area contributed by atoms with Gasteiger partial charge in [0.25, 0.3) is 0 Å². The molecule has 0 saturated carbocycles. The van der Waals surface area contributed by atoms with Crippen LogP contribution in [-0.4, -0.2) is 20.2 Å². The van der Waals surface area contributed by atoms with Crippen molar-refractivity contribution < 1.29 is 0 Å². The maximum absolute atomic E-state index is 4.35. The second-order valence-corrected chi connectivity index (χ2v) is 4.27. The van der Waals surface area contributed by atoms with Crippen molar-refractivity contribution in [2.75, 3.05) is 5.32 Å². The molecular weight excluding hydrogens is 226 g/mol.